The molecule has 144 valence electrons. The van der Waals surface area contributed by atoms with Gasteiger partial charge in [-0.05, 0) is 88.9 Å². The first-order valence-corrected chi connectivity index (χ1v) is 10.1. The van der Waals surface area contributed by atoms with Crippen LogP contribution in [0.2, 0.25) is 0 Å². The summed E-state index contributed by atoms with van der Waals surface area (Å²) in [7, 11) is 0. The minimum atomic E-state index is -0.248. The van der Waals surface area contributed by atoms with E-state index in [0.29, 0.717) is 23.0 Å². The third-order valence-electron chi connectivity index (χ3n) is 6.69. The van der Waals surface area contributed by atoms with Crippen LogP contribution in [-0.2, 0) is 19.1 Å². The topological polar surface area (TPSA) is 52.6 Å². The summed E-state index contributed by atoms with van der Waals surface area (Å²) >= 11 is 0. The van der Waals surface area contributed by atoms with Gasteiger partial charge in [0.25, 0.3) is 0 Å². The molecule has 0 aromatic rings. The highest BCUT2D eigenvalue weighted by molar-refractivity contribution is 5.87. The molecule has 0 heterocycles. The fraction of sp³-hybridized carbons (Fsp3) is 0.727. The molecule has 0 radical (unpaired) electrons. The molecule has 3 aliphatic rings. The minimum Gasteiger partial charge on any atom is -0.459 e. The molecule has 4 nitrogen and oxygen atoms in total. The van der Waals surface area contributed by atoms with Crippen molar-refractivity contribution in [2.24, 2.45) is 23.7 Å². The Hall–Kier alpha value is -1.58. The second kappa shape index (κ2) is 7.98. The predicted molar refractivity (Wildman–Crippen MR) is 100 cm³/mol. The monoisotopic (exact) mass is 360 g/mol. The summed E-state index contributed by atoms with van der Waals surface area (Å²) in [5.74, 6) is 2.33. The van der Waals surface area contributed by atoms with E-state index < -0.39 is 0 Å². The zero-order valence-corrected chi connectivity index (χ0v) is 16.2. The van der Waals surface area contributed by atoms with E-state index in [4.69, 9.17) is 9.47 Å². The van der Waals surface area contributed by atoms with E-state index in [1.807, 2.05) is 0 Å². The van der Waals surface area contributed by atoms with E-state index in [-0.39, 0.29) is 24.1 Å². The van der Waals surface area contributed by atoms with Crippen molar-refractivity contribution in [2.45, 2.75) is 77.4 Å². The second-order valence-electron chi connectivity index (χ2n) is 8.67. The molecule has 0 N–H and O–H groups in total. The van der Waals surface area contributed by atoms with Gasteiger partial charge in [-0.25, -0.2) is 9.59 Å². The molecule has 0 spiro atoms. The fourth-order valence-electron chi connectivity index (χ4n) is 5.43. The smallest absolute Gasteiger partial charge is 0.333 e. The average molecular weight is 360 g/mol. The number of esters is 2. The number of rotatable bonds is 4. The van der Waals surface area contributed by atoms with Crippen LogP contribution in [0.4, 0.5) is 0 Å². The fourth-order valence-corrected chi connectivity index (χ4v) is 5.43. The molecule has 6 unspecified atom stereocenters. The van der Waals surface area contributed by atoms with Crippen LogP contribution < -0.4 is 0 Å². The van der Waals surface area contributed by atoms with Gasteiger partial charge in [-0.1, -0.05) is 13.2 Å². The van der Waals surface area contributed by atoms with E-state index in [1.165, 1.54) is 12.8 Å². The van der Waals surface area contributed by atoms with E-state index in [1.54, 1.807) is 13.8 Å². The highest BCUT2D eigenvalue weighted by Crippen LogP contribution is 2.52. The lowest BCUT2D eigenvalue weighted by molar-refractivity contribution is -0.153. The van der Waals surface area contributed by atoms with Gasteiger partial charge in [0.2, 0.25) is 0 Å². The molecule has 3 fully saturated rings. The van der Waals surface area contributed by atoms with Gasteiger partial charge in [-0.2, -0.15) is 0 Å². The highest BCUT2D eigenvalue weighted by atomic mass is 16.5. The Balaban J connectivity index is 1.54. The van der Waals surface area contributed by atoms with Crippen LogP contribution in [0, 0.1) is 23.7 Å². The van der Waals surface area contributed by atoms with Crippen LogP contribution >= 0.6 is 0 Å². The van der Waals surface area contributed by atoms with Crippen LogP contribution in [0.25, 0.3) is 0 Å². The molecule has 3 saturated carbocycles. The van der Waals surface area contributed by atoms with Crippen molar-refractivity contribution < 1.29 is 19.1 Å². The summed E-state index contributed by atoms with van der Waals surface area (Å²) in [4.78, 5) is 23.6. The number of carbonyl (C=O) groups is 2. The lowest BCUT2D eigenvalue weighted by atomic mass is 9.57. The van der Waals surface area contributed by atoms with Gasteiger partial charge in [0.15, 0.2) is 0 Å². The second-order valence-corrected chi connectivity index (χ2v) is 8.67. The van der Waals surface area contributed by atoms with Crippen LogP contribution in [0.3, 0.4) is 0 Å². The Morgan fingerprint density at radius 2 is 1.08 bits per heavy atom. The molecule has 0 amide bonds. The van der Waals surface area contributed by atoms with Crippen LogP contribution in [0.1, 0.15) is 65.2 Å². The van der Waals surface area contributed by atoms with Gasteiger partial charge in [0.1, 0.15) is 12.2 Å². The van der Waals surface area contributed by atoms with E-state index in [9.17, 15) is 9.59 Å². The van der Waals surface area contributed by atoms with E-state index in [2.05, 4.69) is 13.2 Å². The van der Waals surface area contributed by atoms with E-state index >= 15 is 0 Å². The Labute approximate surface area is 157 Å². The summed E-state index contributed by atoms with van der Waals surface area (Å²) in [6, 6.07) is 0. The van der Waals surface area contributed by atoms with Crippen molar-refractivity contribution in [1.29, 1.82) is 0 Å². The standard InChI is InChI=1S/C22H32O4/c1-13(2)21(23)25-17-7-9-19-15(11-17)5-6-16-12-18(8-10-20(16)19)26-22(24)14(3)4/h15-20H,1,3,5-12H2,2,4H3. The Morgan fingerprint density at radius 3 is 1.42 bits per heavy atom. The summed E-state index contributed by atoms with van der Waals surface area (Å²) in [6.45, 7) is 10.8. The zero-order chi connectivity index (χ0) is 18.8. The molecule has 4 heteroatoms. The molecule has 3 rings (SSSR count). The van der Waals surface area contributed by atoms with Crippen molar-refractivity contribution in [3.63, 3.8) is 0 Å². The van der Waals surface area contributed by atoms with Gasteiger partial charge in [0, 0.05) is 11.1 Å². The maximum Gasteiger partial charge on any atom is 0.333 e. The molecule has 6 atom stereocenters. The summed E-state index contributed by atoms with van der Waals surface area (Å²) in [5.41, 5.74) is 0.969. The summed E-state index contributed by atoms with van der Waals surface area (Å²) in [6.07, 6.45) is 8.76. The summed E-state index contributed by atoms with van der Waals surface area (Å²) < 4.78 is 11.2. The average Bonchev–Trinajstić information content (AvgIpc) is 2.61. The molecular formula is C22H32O4. The van der Waals surface area contributed by atoms with Gasteiger partial charge in [-0.3, -0.25) is 0 Å². The maximum absolute atomic E-state index is 11.8. The number of hydrogen-bond acceptors (Lipinski definition) is 4. The maximum atomic E-state index is 11.8. The molecular weight excluding hydrogens is 328 g/mol. The largest absolute Gasteiger partial charge is 0.459 e. The normalized spacial score (nSPS) is 36.2. The molecule has 0 aromatic heterocycles. The van der Waals surface area contributed by atoms with Crippen LogP contribution in [-0.4, -0.2) is 24.1 Å². The molecule has 0 saturated heterocycles. The molecule has 0 aromatic carbocycles. The van der Waals surface area contributed by atoms with Gasteiger partial charge in [-0.15, -0.1) is 0 Å². The van der Waals surface area contributed by atoms with Gasteiger partial charge < -0.3 is 9.47 Å². The zero-order valence-electron chi connectivity index (χ0n) is 16.2. The Morgan fingerprint density at radius 1 is 0.692 bits per heavy atom. The molecule has 0 bridgehead atoms. The third kappa shape index (κ3) is 4.21. The molecule has 26 heavy (non-hydrogen) atoms. The molecule has 3 aliphatic carbocycles. The number of carbonyl (C=O) groups excluding carboxylic acids is 2. The summed E-state index contributed by atoms with van der Waals surface area (Å²) in [5, 5.41) is 0. The Bertz CT molecular complexity index is 541. The first-order chi connectivity index (χ1) is 12.3. The Kier molecular flexibility index (Phi) is 5.89. The van der Waals surface area contributed by atoms with Crippen LogP contribution in [0.15, 0.2) is 24.3 Å². The predicted octanol–water partition coefficient (Wildman–Crippen LogP) is 4.59. The lowest BCUT2D eigenvalue weighted by Gasteiger charge is -2.50. The lowest BCUT2D eigenvalue weighted by Crippen LogP contribution is -2.44. The van der Waals surface area contributed by atoms with Crippen molar-refractivity contribution in [3.8, 4) is 0 Å². The first-order valence-electron chi connectivity index (χ1n) is 10.1. The quantitative estimate of drug-likeness (QED) is 0.543. The van der Waals surface area contributed by atoms with E-state index in [0.717, 1.165) is 50.4 Å². The van der Waals surface area contributed by atoms with Gasteiger partial charge in [0.05, 0.1) is 0 Å². The SMILES string of the molecule is C=C(C)C(=O)OC1CCC2C(CCC3CC(OC(=O)C(=C)C)CCC32)C1. The van der Waals surface area contributed by atoms with Crippen molar-refractivity contribution in [2.75, 3.05) is 0 Å². The first kappa shape index (κ1) is 19.2. The number of ether oxygens (including phenoxy) is 2. The molecule has 0 aliphatic heterocycles. The third-order valence-corrected chi connectivity index (χ3v) is 6.69. The van der Waals surface area contributed by atoms with Crippen molar-refractivity contribution >= 4 is 11.9 Å². The number of fused-ring (bicyclic) bond motifs is 3. The van der Waals surface area contributed by atoms with Gasteiger partial charge >= 0.3 is 11.9 Å². The number of hydrogen-bond donors (Lipinski definition) is 0. The van der Waals surface area contributed by atoms with Crippen molar-refractivity contribution in [3.05, 3.63) is 24.3 Å². The van der Waals surface area contributed by atoms with Crippen molar-refractivity contribution in [1.82, 2.24) is 0 Å². The van der Waals surface area contributed by atoms with Crippen LogP contribution in [0.5, 0.6) is 0 Å². The minimum absolute atomic E-state index is 0.0601. The highest BCUT2D eigenvalue weighted by Gasteiger charge is 2.45.